The topological polar surface area (TPSA) is 70.7 Å². The van der Waals surface area contributed by atoms with Crippen molar-refractivity contribution in [3.8, 4) is 0 Å². The average Bonchev–Trinajstić information content (AvgIpc) is 3.17. The van der Waals surface area contributed by atoms with Crippen LogP contribution in [-0.4, -0.2) is 30.1 Å². The normalized spacial score (nSPS) is 18.9. The molecule has 1 atom stereocenters. The quantitative estimate of drug-likeness (QED) is 0.840. The summed E-state index contributed by atoms with van der Waals surface area (Å²) in [5, 5.41) is 9.46. The van der Waals surface area contributed by atoms with Crippen LogP contribution in [0.25, 0.3) is 0 Å². The van der Waals surface area contributed by atoms with Crippen molar-refractivity contribution in [3.05, 3.63) is 37.9 Å². The maximum absolute atomic E-state index is 12.7. The fourth-order valence-corrected chi connectivity index (χ4v) is 5.51. The Bertz CT molecular complexity index is 842. The van der Waals surface area contributed by atoms with Crippen LogP contribution in [-0.2, 0) is 17.7 Å². The summed E-state index contributed by atoms with van der Waals surface area (Å²) in [4.78, 5) is 28.6. The maximum Gasteiger partial charge on any atom is 0.410 e. The highest BCUT2D eigenvalue weighted by Crippen LogP contribution is 2.41. The zero-order valence-corrected chi connectivity index (χ0v) is 15.7. The van der Waals surface area contributed by atoms with Gasteiger partial charge in [0.05, 0.1) is 18.7 Å². The predicted octanol–water partition coefficient (Wildman–Crippen LogP) is 3.49. The van der Waals surface area contributed by atoms with Gasteiger partial charge in [-0.3, -0.25) is 4.79 Å². The van der Waals surface area contributed by atoms with Gasteiger partial charge in [0.25, 0.3) is 5.91 Å². The first-order chi connectivity index (χ1) is 12.1. The summed E-state index contributed by atoms with van der Waals surface area (Å²) in [6.07, 6.45) is 0.197. The molecule has 2 amide bonds. The summed E-state index contributed by atoms with van der Waals surface area (Å²) >= 11 is 3.21. The molecule has 4 heterocycles. The number of carbonyl (C=O) groups excluding carboxylic acids is 2. The Balaban J connectivity index is 1.61. The minimum Gasteiger partial charge on any atom is -0.450 e. The van der Waals surface area contributed by atoms with Crippen molar-refractivity contribution in [1.82, 2.24) is 10.2 Å². The SMILES string of the molecule is CCOC(=O)N1CCc2c(sc3c2C(=O)NC(c2sccc2C)N3)C1. The van der Waals surface area contributed by atoms with Crippen molar-refractivity contribution in [2.45, 2.75) is 33.0 Å². The van der Waals surface area contributed by atoms with Gasteiger partial charge < -0.3 is 20.3 Å². The van der Waals surface area contributed by atoms with Gasteiger partial charge in [0.2, 0.25) is 0 Å². The molecule has 2 aromatic rings. The molecule has 2 aliphatic rings. The third-order valence-electron chi connectivity index (χ3n) is 4.52. The van der Waals surface area contributed by atoms with Crippen molar-refractivity contribution >= 4 is 39.7 Å². The van der Waals surface area contributed by atoms with Gasteiger partial charge in [0, 0.05) is 16.3 Å². The number of anilines is 1. The van der Waals surface area contributed by atoms with E-state index in [4.69, 9.17) is 4.74 Å². The molecule has 25 heavy (non-hydrogen) atoms. The first kappa shape index (κ1) is 16.4. The van der Waals surface area contributed by atoms with E-state index in [0.29, 0.717) is 26.1 Å². The van der Waals surface area contributed by atoms with Gasteiger partial charge in [-0.25, -0.2) is 4.79 Å². The highest BCUT2D eigenvalue weighted by molar-refractivity contribution is 7.16. The maximum atomic E-state index is 12.7. The molecule has 8 heteroatoms. The molecular formula is C17H19N3O3S2. The second-order valence-electron chi connectivity index (χ2n) is 6.10. The summed E-state index contributed by atoms with van der Waals surface area (Å²) in [7, 11) is 0. The molecule has 0 spiro atoms. The number of hydrogen-bond donors (Lipinski definition) is 2. The number of fused-ring (bicyclic) bond motifs is 3. The Morgan fingerprint density at radius 2 is 2.28 bits per heavy atom. The van der Waals surface area contributed by atoms with Crippen molar-refractivity contribution in [2.24, 2.45) is 0 Å². The van der Waals surface area contributed by atoms with Crippen LogP contribution in [0.2, 0.25) is 0 Å². The third-order valence-corrected chi connectivity index (χ3v) is 6.76. The standard InChI is InChI=1S/C17H19N3O3S2/c1-3-23-17(22)20-6-4-10-11(8-20)25-16-12(10)15(21)18-14(19-16)13-9(2)5-7-24-13/h5,7,14,19H,3-4,6,8H2,1-2H3,(H,18,21). The number of rotatable bonds is 2. The largest absolute Gasteiger partial charge is 0.450 e. The Morgan fingerprint density at radius 3 is 3.00 bits per heavy atom. The van der Waals surface area contributed by atoms with E-state index in [1.165, 1.54) is 5.56 Å². The molecule has 2 N–H and O–H groups in total. The minimum atomic E-state index is -0.288. The van der Waals surface area contributed by atoms with E-state index in [1.54, 1.807) is 34.5 Å². The van der Waals surface area contributed by atoms with E-state index < -0.39 is 0 Å². The molecule has 0 saturated carbocycles. The molecule has 0 fully saturated rings. The van der Waals surface area contributed by atoms with E-state index in [2.05, 4.69) is 16.7 Å². The zero-order chi connectivity index (χ0) is 17.6. The summed E-state index contributed by atoms with van der Waals surface area (Å²) in [5.41, 5.74) is 2.97. The molecule has 2 aliphatic heterocycles. The Morgan fingerprint density at radius 1 is 1.44 bits per heavy atom. The predicted molar refractivity (Wildman–Crippen MR) is 98.3 cm³/mol. The van der Waals surface area contributed by atoms with Gasteiger partial charge in [-0.15, -0.1) is 22.7 Å². The fraction of sp³-hybridized carbons (Fsp3) is 0.412. The fourth-order valence-electron chi connectivity index (χ4n) is 3.30. The Hall–Kier alpha value is -2.06. The van der Waals surface area contributed by atoms with Crippen LogP contribution in [0.1, 0.15) is 44.3 Å². The number of nitrogens with zero attached hydrogens (tertiary/aromatic N) is 1. The van der Waals surface area contributed by atoms with Gasteiger partial charge in [0.15, 0.2) is 0 Å². The Kier molecular flexibility index (Phi) is 4.16. The average molecular weight is 377 g/mol. The van der Waals surface area contributed by atoms with E-state index in [1.807, 2.05) is 12.3 Å². The highest BCUT2D eigenvalue weighted by atomic mass is 32.1. The molecule has 0 bridgehead atoms. The molecule has 0 aliphatic carbocycles. The van der Waals surface area contributed by atoms with Crippen LogP contribution in [0, 0.1) is 6.92 Å². The van der Waals surface area contributed by atoms with Gasteiger partial charge in [-0.2, -0.15) is 0 Å². The molecule has 0 saturated heterocycles. The smallest absolute Gasteiger partial charge is 0.410 e. The Labute approximate surface area is 153 Å². The zero-order valence-electron chi connectivity index (χ0n) is 14.0. The lowest BCUT2D eigenvalue weighted by Gasteiger charge is -2.28. The molecule has 0 radical (unpaired) electrons. The van der Waals surface area contributed by atoms with Crippen LogP contribution in [0.5, 0.6) is 0 Å². The van der Waals surface area contributed by atoms with Crippen LogP contribution in [0.4, 0.5) is 9.80 Å². The van der Waals surface area contributed by atoms with Gasteiger partial charge in [-0.05, 0) is 42.8 Å². The number of hydrogen-bond acceptors (Lipinski definition) is 6. The molecule has 0 aromatic carbocycles. The minimum absolute atomic E-state index is 0.0337. The van der Waals surface area contributed by atoms with Crippen LogP contribution in [0.3, 0.4) is 0 Å². The number of ether oxygens (including phenoxy) is 1. The molecule has 6 nitrogen and oxygen atoms in total. The van der Waals surface area contributed by atoms with Gasteiger partial charge in [0.1, 0.15) is 11.2 Å². The second kappa shape index (κ2) is 6.34. The van der Waals surface area contributed by atoms with Crippen molar-refractivity contribution in [1.29, 1.82) is 0 Å². The van der Waals surface area contributed by atoms with E-state index in [0.717, 1.165) is 25.9 Å². The molecular weight excluding hydrogens is 358 g/mol. The number of amides is 2. The second-order valence-corrected chi connectivity index (χ2v) is 8.15. The van der Waals surface area contributed by atoms with Crippen molar-refractivity contribution in [2.75, 3.05) is 18.5 Å². The monoisotopic (exact) mass is 377 g/mol. The lowest BCUT2D eigenvalue weighted by atomic mass is 10.0. The van der Waals surface area contributed by atoms with Gasteiger partial charge in [-0.1, -0.05) is 0 Å². The van der Waals surface area contributed by atoms with Crippen molar-refractivity contribution in [3.63, 3.8) is 0 Å². The summed E-state index contributed by atoms with van der Waals surface area (Å²) in [6.45, 7) is 5.30. The molecule has 1 unspecified atom stereocenters. The summed E-state index contributed by atoms with van der Waals surface area (Å²) < 4.78 is 5.10. The van der Waals surface area contributed by atoms with Crippen LogP contribution >= 0.6 is 22.7 Å². The lowest BCUT2D eigenvalue weighted by Crippen LogP contribution is -2.39. The van der Waals surface area contributed by atoms with E-state index in [-0.39, 0.29) is 18.2 Å². The molecule has 4 rings (SSSR count). The number of thiophene rings is 2. The third kappa shape index (κ3) is 2.79. The van der Waals surface area contributed by atoms with Crippen LogP contribution < -0.4 is 10.6 Å². The van der Waals surface area contributed by atoms with Crippen molar-refractivity contribution < 1.29 is 14.3 Å². The van der Waals surface area contributed by atoms with E-state index >= 15 is 0 Å². The molecule has 2 aromatic heterocycles. The highest BCUT2D eigenvalue weighted by Gasteiger charge is 2.35. The number of nitrogens with one attached hydrogen (secondary N) is 2. The first-order valence-corrected chi connectivity index (χ1v) is 9.95. The number of aryl methyl sites for hydroxylation is 1. The lowest BCUT2D eigenvalue weighted by molar-refractivity contribution is 0.0934. The summed E-state index contributed by atoms with van der Waals surface area (Å²) in [5.74, 6) is -0.0337. The van der Waals surface area contributed by atoms with Gasteiger partial charge >= 0.3 is 6.09 Å². The van der Waals surface area contributed by atoms with Crippen LogP contribution in [0.15, 0.2) is 11.4 Å². The molecule has 132 valence electrons. The first-order valence-electron chi connectivity index (χ1n) is 8.26. The summed E-state index contributed by atoms with van der Waals surface area (Å²) in [6, 6.07) is 2.06. The van der Waals surface area contributed by atoms with E-state index in [9.17, 15) is 9.59 Å². The number of carbonyl (C=O) groups is 2.